The Bertz CT molecular complexity index is 813. The van der Waals surface area contributed by atoms with Crippen molar-refractivity contribution in [3.05, 3.63) is 59.9 Å². The van der Waals surface area contributed by atoms with Crippen LogP contribution in [0.4, 0.5) is 0 Å². The van der Waals surface area contributed by atoms with Crippen molar-refractivity contribution in [3.63, 3.8) is 0 Å². The minimum Gasteiger partial charge on any atom is -0.478 e. The maximum absolute atomic E-state index is 11.4. The average Bonchev–Trinajstić information content (AvgIpc) is 3.09. The molecule has 1 heterocycles. The van der Waals surface area contributed by atoms with E-state index in [2.05, 4.69) is 22.4 Å². The normalized spacial score (nSPS) is 10.6. The smallest absolute Gasteiger partial charge is 0.335 e. The number of carboxylic acids is 1. The zero-order valence-electron chi connectivity index (χ0n) is 12.0. The van der Waals surface area contributed by atoms with E-state index in [1.807, 2.05) is 30.3 Å². The van der Waals surface area contributed by atoms with Crippen LogP contribution < -0.4 is 0 Å². The number of nitrogens with zero attached hydrogens (tertiary/aromatic N) is 4. The van der Waals surface area contributed by atoms with Crippen molar-refractivity contribution < 1.29 is 9.90 Å². The molecule has 0 unspecified atom stereocenters. The van der Waals surface area contributed by atoms with Gasteiger partial charge in [-0.05, 0) is 51.7 Å². The van der Waals surface area contributed by atoms with E-state index in [4.69, 9.17) is 0 Å². The monoisotopic (exact) mass is 294 g/mol. The lowest BCUT2D eigenvalue weighted by atomic mass is 9.96. The van der Waals surface area contributed by atoms with Crippen LogP contribution in [0.3, 0.4) is 0 Å². The molecule has 0 aliphatic heterocycles. The summed E-state index contributed by atoms with van der Waals surface area (Å²) in [7, 11) is 0. The SMILES string of the molecule is CCc1ccccc1-c1cc(C(=O)O)cc(-n2cnnn2)c1. The molecular formula is C16H14N4O2. The van der Waals surface area contributed by atoms with Gasteiger partial charge in [-0.2, -0.15) is 0 Å². The zero-order chi connectivity index (χ0) is 15.5. The Hall–Kier alpha value is -3.02. The third kappa shape index (κ3) is 2.58. The second-order valence-electron chi connectivity index (χ2n) is 4.84. The highest BCUT2D eigenvalue weighted by Gasteiger charge is 2.12. The summed E-state index contributed by atoms with van der Waals surface area (Å²) in [6.45, 7) is 2.07. The van der Waals surface area contributed by atoms with E-state index in [-0.39, 0.29) is 5.56 Å². The lowest BCUT2D eigenvalue weighted by Gasteiger charge is -2.11. The van der Waals surface area contributed by atoms with Crippen molar-refractivity contribution in [1.29, 1.82) is 0 Å². The van der Waals surface area contributed by atoms with Crippen molar-refractivity contribution in [2.45, 2.75) is 13.3 Å². The van der Waals surface area contributed by atoms with Gasteiger partial charge in [-0.1, -0.05) is 31.2 Å². The Labute approximate surface area is 127 Å². The third-order valence-corrected chi connectivity index (χ3v) is 3.49. The van der Waals surface area contributed by atoms with Crippen molar-refractivity contribution in [2.24, 2.45) is 0 Å². The van der Waals surface area contributed by atoms with E-state index in [0.717, 1.165) is 23.1 Å². The first-order valence-electron chi connectivity index (χ1n) is 6.89. The fourth-order valence-electron chi connectivity index (χ4n) is 2.41. The van der Waals surface area contributed by atoms with Crippen LogP contribution in [-0.2, 0) is 6.42 Å². The molecule has 0 saturated carbocycles. The topological polar surface area (TPSA) is 80.9 Å². The van der Waals surface area contributed by atoms with Gasteiger partial charge in [0.15, 0.2) is 0 Å². The molecule has 0 amide bonds. The van der Waals surface area contributed by atoms with Crippen LogP contribution in [0.1, 0.15) is 22.8 Å². The molecule has 0 aliphatic carbocycles. The summed E-state index contributed by atoms with van der Waals surface area (Å²) in [5.74, 6) is -0.981. The molecule has 1 N–H and O–H groups in total. The summed E-state index contributed by atoms with van der Waals surface area (Å²) < 4.78 is 1.45. The van der Waals surface area contributed by atoms with Crippen molar-refractivity contribution >= 4 is 5.97 Å². The molecule has 0 spiro atoms. The number of carbonyl (C=O) groups is 1. The Morgan fingerprint density at radius 2 is 2.05 bits per heavy atom. The van der Waals surface area contributed by atoms with Crippen LogP contribution in [-0.4, -0.2) is 31.3 Å². The molecule has 0 aliphatic rings. The fourth-order valence-corrected chi connectivity index (χ4v) is 2.41. The van der Waals surface area contributed by atoms with Gasteiger partial charge in [0, 0.05) is 0 Å². The highest BCUT2D eigenvalue weighted by molar-refractivity contribution is 5.90. The van der Waals surface area contributed by atoms with Crippen LogP contribution in [0.15, 0.2) is 48.8 Å². The van der Waals surface area contributed by atoms with Gasteiger partial charge in [0.05, 0.1) is 11.3 Å². The van der Waals surface area contributed by atoms with Crippen LogP contribution in [0, 0.1) is 0 Å². The highest BCUT2D eigenvalue weighted by Crippen LogP contribution is 2.27. The van der Waals surface area contributed by atoms with Crippen molar-refractivity contribution in [1.82, 2.24) is 20.2 Å². The molecule has 6 heteroatoms. The summed E-state index contributed by atoms with van der Waals surface area (Å²) in [4.78, 5) is 11.4. The number of tetrazole rings is 1. The third-order valence-electron chi connectivity index (χ3n) is 3.49. The number of hydrogen-bond acceptors (Lipinski definition) is 4. The summed E-state index contributed by atoms with van der Waals surface area (Å²) in [6.07, 6.45) is 2.31. The molecule has 0 bridgehead atoms. The molecule has 22 heavy (non-hydrogen) atoms. The van der Waals surface area contributed by atoms with Crippen LogP contribution in [0.25, 0.3) is 16.8 Å². The quantitative estimate of drug-likeness (QED) is 0.800. The minimum absolute atomic E-state index is 0.203. The van der Waals surface area contributed by atoms with Crippen LogP contribution >= 0.6 is 0 Å². The first-order valence-corrected chi connectivity index (χ1v) is 6.89. The maximum atomic E-state index is 11.4. The first-order chi connectivity index (χ1) is 10.7. The molecule has 3 rings (SSSR count). The molecule has 2 aromatic carbocycles. The molecule has 110 valence electrons. The van der Waals surface area contributed by atoms with E-state index in [9.17, 15) is 9.90 Å². The molecule has 0 radical (unpaired) electrons. The molecule has 0 saturated heterocycles. The van der Waals surface area contributed by atoms with Crippen LogP contribution in [0.5, 0.6) is 0 Å². The predicted octanol–water partition coefficient (Wildman–Crippen LogP) is 2.59. The molecule has 0 atom stereocenters. The molecular weight excluding hydrogens is 280 g/mol. The first kappa shape index (κ1) is 13.9. The number of aryl methyl sites for hydroxylation is 1. The second-order valence-corrected chi connectivity index (χ2v) is 4.84. The zero-order valence-corrected chi connectivity index (χ0v) is 12.0. The number of rotatable bonds is 4. The molecule has 3 aromatic rings. The lowest BCUT2D eigenvalue weighted by Crippen LogP contribution is -2.02. The average molecular weight is 294 g/mol. The van der Waals surface area contributed by atoms with Gasteiger partial charge in [-0.3, -0.25) is 0 Å². The van der Waals surface area contributed by atoms with E-state index in [1.165, 1.54) is 11.0 Å². The van der Waals surface area contributed by atoms with Gasteiger partial charge >= 0.3 is 5.97 Å². The number of aromatic nitrogens is 4. The number of benzene rings is 2. The molecule has 1 aromatic heterocycles. The van der Waals surface area contributed by atoms with Gasteiger partial charge in [-0.25, -0.2) is 9.48 Å². The summed E-state index contributed by atoms with van der Waals surface area (Å²) in [6, 6.07) is 13.1. The lowest BCUT2D eigenvalue weighted by molar-refractivity contribution is 0.0697. The Morgan fingerprint density at radius 1 is 1.23 bits per heavy atom. The standard InChI is InChI=1S/C16H14N4O2/c1-2-11-5-3-4-6-15(11)12-7-13(16(21)22)9-14(8-12)20-10-17-18-19-20/h3-10H,2H2,1H3,(H,21,22). The van der Waals surface area contributed by atoms with Crippen molar-refractivity contribution in [3.8, 4) is 16.8 Å². The largest absolute Gasteiger partial charge is 0.478 e. The summed E-state index contributed by atoms with van der Waals surface area (Å²) in [5, 5.41) is 20.4. The second kappa shape index (κ2) is 5.77. The Kier molecular flexibility index (Phi) is 3.65. The molecule has 6 nitrogen and oxygen atoms in total. The number of hydrogen-bond donors (Lipinski definition) is 1. The van der Waals surface area contributed by atoms with E-state index < -0.39 is 5.97 Å². The predicted molar refractivity (Wildman–Crippen MR) is 80.9 cm³/mol. The Balaban J connectivity index is 2.21. The summed E-state index contributed by atoms with van der Waals surface area (Å²) >= 11 is 0. The van der Waals surface area contributed by atoms with Gasteiger partial charge in [0.25, 0.3) is 0 Å². The Morgan fingerprint density at radius 3 is 2.73 bits per heavy atom. The number of aromatic carboxylic acids is 1. The van der Waals surface area contributed by atoms with Gasteiger partial charge in [0.2, 0.25) is 0 Å². The van der Waals surface area contributed by atoms with E-state index in [1.54, 1.807) is 12.1 Å². The molecule has 0 fully saturated rings. The van der Waals surface area contributed by atoms with Gasteiger partial charge in [-0.15, -0.1) is 5.10 Å². The van der Waals surface area contributed by atoms with Gasteiger partial charge < -0.3 is 5.11 Å². The maximum Gasteiger partial charge on any atom is 0.335 e. The van der Waals surface area contributed by atoms with Gasteiger partial charge in [0.1, 0.15) is 6.33 Å². The van der Waals surface area contributed by atoms with Crippen molar-refractivity contribution in [2.75, 3.05) is 0 Å². The summed E-state index contributed by atoms with van der Waals surface area (Å²) in [5.41, 5.74) is 3.83. The fraction of sp³-hybridized carbons (Fsp3) is 0.125. The van der Waals surface area contributed by atoms with Crippen LogP contribution in [0.2, 0.25) is 0 Å². The van der Waals surface area contributed by atoms with E-state index >= 15 is 0 Å². The highest BCUT2D eigenvalue weighted by atomic mass is 16.4. The minimum atomic E-state index is -0.981. The van der Waals surface area contributed by atoms with E-state index in [0.29, 0.717) is 5.69 Å². The number of carboxylic acid groups (broad SMARTS) is 1.